The molecule has 1 saturated heterocycles. The number of amides is 1. The Bertz CT molecular complexity index is 638. The maximum atomic E-state index is 12.9. The first kappa shape index (κ1) is 19.3. The van der Waals surface area contributed by atoms with Crippen molar-refractivity contribution in [1.29, 1.82) is 0 Å². The molecule has 152 valence electrons. The fraction of sp³-hybridized carbons (Fsp3) is 0.913. The van der Waals surface area contributed by atoms with Gasteiger partial charge < -0.3 is 9.64 Å². The highest BCUT2D eigenvalue weighted by molar-refractivity contribution is 5.87. The Morgan fingerprint density at radius 2 is 1.81 bits per heavy atom. The second kappa shape index (κ2) is 6.22. The van der Waals surface area contributed by atoms with Crippen molar-refractivity contribution >= 4 is 11.9 Å². The Kier molecular flexibility index (Phi) is 4.44. The van der Waals surface area contributed by atoms with Crippen molar-refractivity contribution in [2.45, 2.75) is 97.6 Å². The molecule has 3 aliphatic carbocycles. The Morgan fingerprint density at radius 3 is 2.52 bits per heavy atom. The van der Waals surface area contributed by atoms with Gasteiger partial charge in [-0.2, -0.15) is 0 Å². The fourth-order valence-corrected chi connectivity index (χ4v) is 7.40. The highest BCUT2D eigenvalue weighted by atomic mass is 16.6. The van der Waals surface area contributed by atoms with E-state index in [2.05, 4.69) is 18.7 Å². The molecule has 4 fully saturated rings. The Morgan fingerprint density at radius 1 is 1.07 bits per heavy atom. The van der Waals surface area contributed by atoms with Crippen molar-refractivity contribution in [2.75, 3.05) is 6.54 Å². The number of carbonyl (C=O) groups excluding carboxylic acids is 2. The molecule has 1 heterocycles. The zero-order valence-electron chi connectivity index (χ0n) is 17.8. The monoisotopic (exact) mass is 375 g/mol. The summed E-state index contributed by atoms with van der Waals surface area (Å²) >= 11 is 0. The lowest BCUT2D eigenvalue weighted by atomic mass is 9.47. The van der Waals surface area contributed by atoms with E-state index in [1.54, 1.807) is 0 Å². The highest BCUT2D eigenvalue weighted by Crippen LogP contribution is 2.63. The zero-order chi connectivity index (χ0) is 19.6. The first-order chi connectivity index (χ1) is 12.6. The first-order valence-corrected chi connectivity index (χ1v) is 11.1. The predicted molar refractivity (Wildman–Crippen MR) is 105 cm³/mol. The van der Waals surface area contributed by atoms with Gasteiger partial charge in [0.15, 0.2) is 0 Å². The SMILES string of the molecule is CC(C)(C)OC(=O)N1CCC[C@@]2(C)C1CC[C@@H]1[C@@H]2CC[C@]2(C)C(=O)CC[C@@H]12. The van der Waals surface area contributed by atoms with Crippen molar-refractivity contribution in [1.82, 2.24) is 4.90 Å². The smallest absolute Gasteiger partial charge is 0.410 e. The van der Waals surface area contributed by atoms with Gasteiger partial charge in [0.1, 0.15) is 11.4 Å². The number of rotatable bonds is 0. The standard InChI is InChI=1S/C23H37NO3/c1-21(2,3)27-20(26)24-14-6-12-22(4)17-11-13-23(5)16(8-10-19(23)25)15(17)7-9-18(22)24/h15-18H,6-14H2,1-5H3/t15-,16-,17-,18?,22+,23-/m0/s1. The third-order valence-corrected chi connectivity index (χ3v) is 8.65. The minimum absolute atomic E-state index is 0.0656. The van der Waals surface area contributed by atoms with Crippen LogP contribution in [0.15, 0.2) is 0 Å². The quantitative estimate of drug-likeness (QED) is 0.585. The van der Waals surface area contributed by atoms with Gasteiger partial charge in [-0.3, -0.25) is 4.79 Å². The summed E-state index contributed by atoms with van der Waals surface area (Å²) < 4.78 is 5.75. The zero-order valence-corrected chi connectivity index (χ0v) is 17.8. The molecule has 1 aliphatic heterocycles. The number of piperidine rings is 1. The van der Waals surface area contributed by atoms with Crippen LogP contribution in [-0.2, 0) is 9.53 Å². The second-order valence-corrected chi connectivity index (χ2v) is 11.2. The number of nitrogens with zero attached hydrogens (tertiary/aromatic N) is 1. The normalized spacial score (nSPS) is 44.3. The summed E-state index contributed by atoms with van der Waals surface area (Å²) in [4.78, 5) is 27.5. The Hall–Kier alpha value is -1.06. The molecular formula is C23H37NO3. The molecule has 0 bridgehead atoms. The molecule has 3 saturated carbocycles. The van der Waals surface area contributed by atoms with Gasteiger partial charge >= 0.3 is 6.09 Å². The Labute approximate surface area is 164 Å². The number of carbonyl (C=O) groups is 2. The van der Waals surface area contributed by atoms with Gasteiger partial charge in [-0.15, -0.1) is 0 Å². The maximum Gasteiger partial charge on any atom is 0.410 e. The summed E-state index contributed by atoms with van der Waals surface area (Å²) in [6.07, 6.45) is 8.45. The summed E-state index contributed by atoms with van der Waals surface area (Å²) in [7, 11) is 0. The van der Waals surface area contributed by atoms with Crippen LogP contribution in [0.2, 0.25) is 0 Å². The molecular weight excluding hydrogens is 338 g/mol. The van der Waals surface area contributed by atoms with E-state index < -0.39 is 5.60 Å². The minimum Gasteiger partial charge on any atom is -0.444 e. The number of hydrogen-bond acceptors (Lipinski definition) is 3. The van der Waals surface area contributed by atoms with Gasteiger partial charge in [0.05, 0.1) is 0 Å². The molecule has 0 N–H and O–H groups in total. The highest BCUT2D eigenvalue weighted by Gasteiger charge is 2.61. The molecule has 4 rings (SSSR count). The van der Waals surface area contributed by atoms with Crippen LogP contribution in [0.1, 0.15) is 86.0 Å². The molecule has 6 atom stereocenters. The fourth-order valence-electron chi connectivity index (χ4n) is 7.40. The maximum absolute atomic E-state index is 12.9. The van der Waals surface area contributed by atoms with Gasteiger partial charge in [-0.25, -0.2) is 4.79 Å². The van der Waals surface area contributed by atoms with Crippen LogP contribution in [0.25, 0.3) is 0 Å². The lowest BCUT2D eigenvalue weighted by Crippen LogP contribution is -2.62. The third-order valence-electron chi connectivity index (χ3n) is 8.65. The number of Topliss-reactive ketones (excluding diaryl/α,β-unsaturated/α-hetero) is 1. The summed E-state index contributed by atoms with van der Waals surface area (Å²) in [6.45, 7) is 11.3. The van der Waals surface area contributed by atoms with E-state index in [1.807, 2.05) is 20.8 Å². The van der Waals surface area contributed by atoms with Crippen molar-refractivity contribution in [2.24, 2.45) is 28.6 Å². The molecule has 1 amide bonds. The predicted octanol–water partition coefficient (Wildman–Crippen LogP) is 5.20. The minimum atomic E-state index is -0.445. The van der Waals surface area contributed by atoms with Gasteiger partial charge in [0, 0.05) is 24.4 Å². The average molecular weight is 376 g/mol. The molecule has 0 aromatic heterocycles. The van der Waals surface area contributed by atoms with Gasteiger partial charge in [0.25, 0.3) is 0 Å². The van der Waals surface area contributed by atoms with E-state index in [1.165, 1.54) is 6.42 Å². The molecule has 1 unspecified atom stereocenters. The van der Waals surface area contributed by atoms with E-state index in [0.717, 1.165) is 51.5 Å². The van der Waals surface area contributed by atoms with Gasteiger partial charge in [-0.1, -0.05) is 13.8 Å². The first-order valence-electron chi connectivity index (χ1n) is 11.1. The van der Waals surface area contributed by atoms with Crippen molar-refractivity contribution in [3.8, 4) is 0 Å². The van der Waals surface area contributed by atoms with E-state index in [-0.39, 0.29) is 16.9 Å². The number of likely N-dealkylation sites (tertiary alicyclic amines) is 1. The molecule has 0 aromatic rings. The third kappa shape index (κ3) is 2.93. The number of ketones is 1. The van der Waals surface area contributed by atoms with Crippen LogP contribution in [0.4, 0.5) is 4.79 Å². The second-order valence-electron chi connectivity index (χ2n) is 11.2. The summed E-state index contributed by atoms with van der Waals surface area (Å²) in [5.74, 6) is 2.39. The number of hydrogen-bond donors (Lipinski definition) is 0. The van der Waals surface area contributed by atoms with E-state index >= 15 is 0 Å². The summed E-state index contributed by atoms with van der Waals surface area (Å²) in [5.41, 5.74) is -0.339. The topological polar surface area (TPSA) is 46.6 Å². The molecule has 0 radical (unpaired) electrons. The van der Waals surface area contributed by atoms with Crippen LogP contribution < -0.4 is 0 Å². The molecule has 27 heavy (non-hydrogen) atoms. The van der Waals surface area contributed by atoms with E-state index in [9.17, 15) is 9.59 Å². The Balaban J connectivity index is 1.58. The number of fused-ring (bicyclic) bond motifs is 5. The molecule has 4 aliphatic rings. The van der Waals surface area contributed by atoms with Gasteiger partial charge in [0.2, 0.25) is 0 Å². The van der Waals surface area contributed by atoms with Crippen LogP contribution in [-0.4, -0.2) is 35.0 Å². The van der Waals surface area contributed by atoms with Crippen LogP contribution in [0.3, 0.4) is 0 Å². The molecule has 0 aromatic carbocycles. The lowest BCUT2D eigenvalue weighted by molar-refractivity contribution is -0.141. The van der Waals surface area contributed by atoms with Crippen LogP contribution in [0.5, 0.6) is 0 Å². The van der Waals surface area contributed by atoms with E-state index in [0.29, 0.717) is 29.6 Å². The summed E-state index contributed by atoms with van der Waals surface area (Å²) in [5, 5.41) is 0. The molecule has 4 nitrogen and oxygen atoms in total. The van der Waals surface area contributed by atoms with Gasteiger partial charge in [-0.05, 0) is 88.9 Å². The lowest BCUT2D eigenvalue weighted by Gasteiger charge is -2.61. The van der Waals surface area contributed by atoms with Crippen LogP contribution >= 0.6 is 0 Å². The summed E-state index contributed by atoms with van der Waals surface area (Å²) in [6, 6.07) is 0.295. The van der Waals surface area contributed by atoms with Crippen LogP contribution in [0, 0.1) is 28.6 Å². The molecule has 0 spiro atoms. The van der Waals surface area contributed by atoms with Crippen molar-refractivity contribution in [3.05, 3.63) is 0 Å². The largest absolute Gasteiger partial charge is 0.444 e. The van der Waals surface area contributed by atoms with Crippen molar-refractivity contribution in [3.63, 3.8) is 0 Å². The molecule has 4 heteroatoms. The van der Waals surface area contributed by atoms with E-state index in [4.69, 9.17) is 4.74 Å². The number of ether oxygens (including phenoxy) is 1. The van der Waals surface area contributed by atoms with Crippen molar-refractivity contribution < 1.29 is 14.3 Å². The average Bonchev–Trinajstić information content (AvgIpc) is 2.87.